The van der Waals surface area contributed by atoms with Crippen molar-refractivity contribution in [3.8, 4) is 0 Å². The molecule has 2 aromatic rings. The van der Waals surface area contributed by atoms with E-state index in [4.69, 9.17) is 16.3 Å². The van der Waals surface area contributed by atoms with Gasteiger partial charge in [-0.15, -0.1) is 0 Å². The first-order valence-electron chi connectivity index (χ1n) is 9.05. The summed E-state index contributed by atoms with van der Waals surface area (Å²) in [6.07, 6.45) is 0.791. The summed E-state index contributed by atoms with van der Waals surface area (Å²) in [6, 6.07) is 16.7. The summed E-state index contributed by atoms with van der Waals surface area (Å²) >= 11 is 6.20. The molecule has 2 amide bonds. The lowest BCUT2D eigenvalue weighted by Gasteiger charge is -2.32. The minimum absolute atomic E-state index is 0.0473. The summed E-state index contributed by atoms with van der Waals surface area (Å²) in [7, 11) is 0. The van der Waals surface area contributed by atoms with E-state index < -0.39 is 0 Å². The molecule has 5 nitrogen and oxygen atoms in total. The van der Waals surface area contributed by atoms with Crippen LogP contribution in [0.25, 0.3) is 0 Å². The number of carbonyl (C=O) groups is 2. The molecule has 0 aliphatic carbocycles. The zero-order chi connectivity index (χ0) is 18.9. The van der Waals surface area contributed by atoms with Gasteiger partial charge in [0.15, 0.2) is 0 Å². The maximum atomic E-state index is 12.9. The SMILES string of the molecule is O=C(c1ccccc1Cl)N1CCC2(COCC(=O)N(c3ccccc3)C2)C1. The van der Waals surface area contributed by atoms with Crippen molar-refractivity contribution in [3.63, 3.8) is 0 Å². The van der Waals surface area contributed by atoms with E-state index in [-0.39, 0.29) is 23.8 Å². The molecule has 2 aliphatic rings. The molecule has 0 radical (unpaired) electrons. The van der Waals surface area contributed by atoms with Crippen molar-refractivity contribution in [2.75, 3.05) is 37.7 Å². The maximum Gasteiger partial charge on any atom is 0.255 e. The van der Waals surface area contributed by atoms with Gasteiger partial charge in [0.05, 0.1) is 17.2 Å². The first kappa shape index (κ1) is 18.0. The van der Waals surface area contributed by atoms with E-state index in [2.05, 4.69) is 0 Å². The molecule has 1 unspecified atom stereocenters. The largest absolute Gasteiger partial charge is 0.371 e. The lowest BCUT2D eigenvalue weighted by molar-refractivity contribution is -0.122. The molecule has 2 heterocycles. The Morgan fingerprint density at radius 1 is 1.04 bits per heavy atom. The number of amides is 2. The fraction of sp³-hybridized carbons (Fsp3) is 0.333. The lowest BCUT2D eigenvalue weighted by Crippen LogP contribution is -2.43. The number of halogens is 1. The summed E-state index contributed by atoms with van der Waals surface area (Å²) in [4.78, 5) is 29.1. The van der Waals surface area contributed by atoms with Crippen LogP contribution in [-0.2, 0) is 9.53 Å². The highest BCUT2D eigenvalue weighted by atomic mass is 35.5. The maximum absolute atomic E-state index is 12.9. The van der Waals surface area contributed by atoms with Gasteiger partial charge in [0.2, 0.25) is 0 Å². The molecule has 2 fully saturated rings. The molecule has 0 saturated carbocycles. The monoisotopic (exact) mass is 384 g/mol. The third-order valence-corrected chi connectivity index (χ3v) is 5.66. The van der Waals surface area contributed by atoms with Crippen LogP contribution in [0.3, 0.4) is 0 Å². The van der Waals surface area contributed by atoms with E-state index in [1.807, 2.05) is 47.4 Å². The summed E-state index contributed by atoms with van der Waals surface area (Å²) in [5.74, 6) is -0.117. The highest BCUT2D eigenvalue weighted by Gasteiger charge is 2.44. The molecule has 2 aliphatic heterocycles. The quantitative estimate of drug-likeness (QED) is 0.798. The molecule has 4 rings (SSSR count). The second-order valence-corrected chi connectivity index (χ2v) is 7.67. The van der Waals surface area contributed by atoms with Gasteiger partial charge in [-0.2, -0.15) is 0 Å². The molecule has 6 heteroatoms. The number of nitrogens with zero attached hydrogens (tertiary/aromatic N) is 2. The van der Waals surface area contributed by atoms with Crippen molar-refractivity contribution < 1.29 is 14.3 Å². The van der Waals surface area contributed by atoms with Gasteiger partial charge in [-0.3, -0.25) is 9.59 Å². The van der Waals surface area contributed by atoms with Crippen molar-refractivity contribution in [1.82, 2.24) is 4.90 Å². The van der Waals surface area contributed by atoms with Gasteiger partial charge >= 0.3 is 0 Å². The van der Waals surface area contributed by atoms with Crippen LogP contribution < -0.4 is 4.90 Å². The molecule has 0 N–H and O–H groups in total. The summed E-state index contributed by atoms with van der Waals surface area (Å²) < 4.78 is 5.70. The number of anilines is 1. The number of para-hydroxylation sites is 1. The average molecular weight is 385 g/mol. The van der Waals surface area contributed by atoms with Crippen molar-refractivity contribution in [2.24, 2.45) is 5.41 Å². The van der Waals surface area contributed by atoms with E-state index in [0.717, 1.165) is 12.1 Å². The van der Waals surface area contributed by atoms with Gasteiger partial charge in [0.1, 0.15) is 6.61 Å². The Hall–Kier alpha value is -2.37. The average Bonchev–Trinajstić information content (AvgIpc) is 3.03. The molecule has 0 aromatic heterocycles. The topological polar surface area (TPSA) is 49.9 Å². The van der Waals surface area contributed by atoms with Crippen LogP contribution in [-0.4, -0.2) is 49.6 Å². The molecule has 2 saturated heterocycles. The molecular formula is C21H21ClN2O3. The standard InChI is InChI=1S/C21H21ClN2O3/c22-18-9-5-4-8-17(18)20(26)23-11-10-21(13-23)14-24(19(25)12-27-15-21)16-6-2-1-3-7-16/h1-9H,10-15H2. The third-order valence-electron chi connectivity index (χ3n) is 5.33. The van der Waals surface area contributed by atoms with E-state index in [1.54, 1.807) is 17.0 Å². The Morgan fingerprint density at radius 3 is 2.56 bits per heavy atom. The zero-order valence-electron chi connectivity index (χ0n) is 14.9. The molecule has 1 spiro atoms. The van der Waals surface area contributed by atoms with Crippen molar-refractivity contribution in [1.29, 1.82) is 0 Å². The predicted molar refractivity (Wildman–Crippen MR) is 104 cm³/mol. The number of carbonyl (C=O) groups excluding carboxylic acids is 2. The first-order chi connectivity index (χ1) is 13.1. The van der Waals surface area contributed by atoms with Crippen molar-refractivity contribution in [2.45, 2.75) is 6.42 Å². The Bertz CT molecular complexity index is 858. The molecule has 140 valence electrons. The Balaban J connectivity index is 1.56. The Morgan fingerprint density at radius 2 is 1.78 bits per heavy atom. The molecular weight excluding hydrogens is 364 g/mol. The minimum atomic E-state index is -0.265. The van der Waals surface area contributed by atoms with Crippen LogP contribution in [0.1, 0.15) is 16.8 Å². The number of rotatable bonds is 2. The molecule has 27 heavy (non-hydrogen) atoms. The Kier molecular flexibility index (Phi) is 4.89. The van der Waals surface area contributed by atoms with Crippen LogP contribution >= 0.6 is 11.6 Å². The second kappa shape index (κ2) is 7.33. The van der Waals surface area contributed by atoms with E-state index >= 15 is 0 Å². The number of ether oxygens (including phenoxy) is 1. The summed E-state index contributed by atoms with van der Waals surface area (Å²) in [5, 5.41) is 0.460. The molecule has 1 atom stereocenters. The van der Waals surface area contributed by atoms with Crippen LogP contribution in [0.4, 0.5) is 5.69 Å². The van der Waals surface area contributed by atoms with Gasteiger partial charge in [-0.25, -0.2) is 0 Å². The number of hydrogen-bond donors (Lipinski definition) is 0. The highest BCUT2D eigenvalue weighted by molar-refractivity contribution is 6.33. The van der Waals surface area contributed by atoms with Crippen LogP contribution in [0, 0.1) is 5.41 Å². The molecule has 0 bridgehead atoms. The van der Waals surface area contributed by atoms with Crippen LogP contribution in [0.5, 0.6) is 0 Å². The van der Waals surface area contributed by atoms with Gasteiger partial charge in [0.25, 0.3) is 11.8 Å². The second-order valence-electron chi connectivity index (χ2n) is 7.26. The minimum Gasteiger partial charge on any atom is -0.371 e. The van der Waals surface area contributed by atoms with Gasteiger partial charge in [-0.1, -0.05) is 41.9 Å². The number of hydrogen-bond acceptors (Lipinski definition) is 3. The van der Waals surface area contributed by atoms with Crippen molar-refractivity contribution in [3.05, 3.63) is 65.2 Å². The van der Waals surface area contributed by atoms with Crippen LogP contribution in [0.2, 0.25) is 5.02 Å². The third kappa shape index (κ3) is 3.57. The van der Waals surface area contributed by atoms with Crippen LogP contribution in [0.15, 0.2) is 54.6 Å². The Labute approximate surface area is 163 Å². The van der Waals surface area contributed by atoms with E-state index in [0.29, 0.717) is 36.8 Å². The number of benzene rings is 2. The lowest BCUT2D eigenvalue weighted by atomic mass is 9.87. The van der Waals surface area contributed by atoms with Crippen molar-refractivity contribution >= 4 is 29.1 Å². The fourth-order valence-corrected chi connectivity index (χ4v) is 4.12. The predicted octanol–water partition coefficient (Wildman–Crippen LogP) is 3.24. The van der Waals surface area contributed by atoms with E-state index in [9.17, 15) is 9.59 Å². The summed E-state index contributed by atoms with van der Waals surface area (Å²) in [5.41, 5.74) is 1.11. The smallest absolute Gasteiger partial charge is 0.255 e. The van der Waals surface area contributed by atoms with E-state index in [1.165, 1.54) is 0 Å². The van der Waals surface area contributed by atoms with Gasteiger partial charge in [0, 0.05) is 30.7 Å². The zero-order valence-corrected chi connectivity index (χ0v) is 15.7. The van der Waals surface area contributed by atoms with Gasteiger partial charge in [-0.05, 0) is 30.7 Å². The fourth-order valence-electron chi connectivity index (χ4n) is 3.91. The molecule has 2 aromatic carbocycles. The highest BCUT2D eigenvalue weighted by Crippen LogP contribution is 2.36. The normalized spacial score (nSPS) is 22.9. The summed E-state index contributed by atoms with van der Waals surface area (Å²) in [6.45, 7) is 2.25. The number of likely N-dealkylation sites (tertiary alicyclic amines) is 1. The van der Waals surface area contributed by atoms with Gasteiger partial charge < -0.3 is 14.5 Å². The first-order valence-corrected chi connectivity index (χ1v) is 9.43.